The third kappa shape index (κ3) is 3.70. The van der Waals surface area contributed by atoms with Crippen LogP contribution >= 0.6 is 0 Å². The molecule has 1 spiro atoms. The summed E-state index contributed by atoms with van der Waals surface area (Å²) in [5.74, 6) is 0. The van der Waals surface area contributed by atoms with Gasteiger partial charge in [-0.05, 0) is 59.0 Å². The third-order valence-corrected chi connectivity index (χ3v) is 8.54. The van der Waals surface area contributed by atoms with E-state index in [-0.39, 0.29) is 10.8 Å². The summed E-state index contributed by atoms with van der Waals surface area (Å²) in [7, 11) is 0. The first-order valence-corrected chi connectivity index (χ1v) is 13.5. The molecule has 7 rings (SSSR count). The van der Waals surface area contributed by atoms with Gasteiger partial charge in [-0.15, -0.1) is 0 Å². The van der Waals surface area contributed by atoms with Crippen LogP contribution in [0, 0.1) is 5.41 Å². The molecule has 0 saturated carbocycles. The van der Waals surface area contributed by atoms with Gasteiger partial charge in [0.1, 0.15) is 0 Å². The second-order valence-corrected chi connectivity index (χ2v) is 12.2. The molecule has 0 fully saturated rings. The van der Waals surface area contributed by atoms with Crippen LogP contribution in [0.15, 0.2) is 103 Å². The van der Waals surface area contributed by atoms with Crippen LogP contribution in [0.25, 0.3) is 33.3 Å². The van der Waals surface area contributed by atoms with Crippen LogP contribution < -0.4 is 9.13 Å². The van der Waals surface area contributed by atoms with E-state index in [1.807, 2.05) is 0 Å². The predicted octanol–water partition coefficient (Wildman–Crippen LogP) is 6.85. The summed E-state index contributed by atoms with van der Waals surface area (Å²) in [6, 6.07) is 34.0. The molecule has 0 radical (unpaired) electrons. The van der Waals surface area contributed by atoms with E-state index >= 15 is 0 Å². The largest absolute Gasteiger partial charge is 0.220 e. The Bertz CT molecular complexity index is 1670. The maximum Gasteiger partial charge on any atom is 0.220 e. The van der Waals surface area contributed by atoms with Crippen LogP contribution in [0.2, 0.25) is 0 Å². The Balaban J connectivity index is 1.48. The Hall–Kier alpha value is -3.78. The second-order valence-electron chi connectivity index (χ2n) is 12.2. The predicted molar refractivity (Wildman–Crippen MR) is 150 cm³/mol. The Morgan fingerprint density at radius 2 is 1.30 bits per heavy atom. The molecule has 2 nitrogen and oxygen atoms in total. The number of rotatable bonds is 0. The molecule has 1 unspecified atom stereocenters. The van der Waals surface area contributed by atoms with Crippen molar-refractivity contribution in [2.75, 3.05) is 0 Å². The Morgan fingerprint density at radius 1 is 0.649 bits per heavy atom. The van der Waals surface area contributed by atoms with Gasteiger partial charge < -0.3 is 0 Å². The number of hydrogen-bond donors (Lipinski definition) is 0. The van der Waals surface area contributed by atoms with Crippen LogP contribution in [0.5, 0.6) is 0 Å². The zero-order chi connectivity index (χ0) is 25.2. The molecule has 2 aromatic heterocycles. The molecular weight excluding hydrogens is 448 g/mol. The first kappa shape index (κ1) is 22.4. The lowest BCUT2D eigenvalue weighted by Gasteiger charge is -2.27. The number of pyridine rings is 2. The highest BCUT2D eigenvalue weighted by molar-refractivity contribution is 5.93. The van der Waals surface area contributed by atoms with Gasteiger partial charge in [-0.25, -0.2) is 0 Å². The summed E-state index contributed by atoms with van der Waals surface area (Å²) >= 11 is 0. The molecular formula is C35H34N2+2. The fraction of sp³-hybridized carbons (Fsp3) is 0.257. The van der Waals surface area contributed by atoms with Crippen LogP contribution in [-0.2, 0) is 31.3 Å². The first-order valence-electron chi connectivity index (χ1n) is 13.5. The highest BCUT2D eigenvalue weighted by Crippen LogP contribution is 2.41. The van der Waals surface area contributed by atoms with Crippen molar-refractivity contribution >= 4 is 10.8 Å². The van der Waals surface area contributed by atoms with Gasteiger partial charge in [-0.1, -0.05) is 75.4 Å². The van der Waals surface area contributed by atoms with Crippen molar-refractivity contribution in [3.05, 3.63) is 120 Å². The molecule has 2 aliphatic rings. The highest BCUT2D eigenvalue weighted by atomic mass is 15.0. The number of aromatic nitrogens is 2. The summed E-state index contributed by atoms with van der Waals surface area (Å²) in [4.78, 5) is 0. The zero-order valence-corrected chi connectivity index (χ0v) is 22.0. The Kier molecular flexibility index (Phi) is 4.92. The molecule has 37 heavy (non-hydrogen) atoms. The van der Waals surface area contributed by atoms with E-state index in [0.717, 1.165) is 25.9 Å². The van der Waals surface area contributed by atoms with Crippen molar-refractivity contribution in [2.45, 2.75) is 52.1 Å². The molecule has 0 amide bonds. The maximum absolute atomic E-state index is 2.57. The number of fused-ring (bicyclic) bond motifs is 8. The molecule has 2 aliphatic heterocycles. The molecule has 3 aromatic carbocycles. The van der Waals surface area contributed by atoms with Crippen molar-refractivity contribution in [1.29, 1.82) is 0 Å². The average molecular weight is 483 g/mol. The van der Waals surface area contributed by atoms with E-state index in [1.54, 1.807) is 0 Å². The summed E-state index contributed by atoms with van der Waals surface area (Å²) in [5, 5.41) is 2.65. The van der Waals surface area contributed by atoms with Gasteiger partial charge in [0.05, 0.1) is 16.4 Å². The van der Waals surface area contributed by atoms with Crippen LogP contribution in [-0.4, -0.2) is 0 Å². The van der Waals surface area contributed by atoms with E-state index < -0.39 is 0 Å². The van der Waals surface area contributed by atoms with Gasteiger partial charge in [0.2, 0.25) is 11.4 Å². The van der Waals surface area contributed by atoms with E-state index in [2.05, 4.69) is 133 Å². The monoisotopic (exact) mass is 482 g/mol. The van der Waals surface area contributed by atoms with Crippen molar-refractivity contribution in [1.82, 2.24) is 0 Å². The third-order valence-electron chi connectivity index (χ3n) is 8.54. The maximum atomic E-state index is 2.57. The van der Waals surface area contributed by atoms with E-state index in [1.165, 1.54) is 50.0 Å². The van der Waals surface area contributed by atoms with Crippen LogP contribution in [0.3, 0.4) is 0 Å². The SMILES string of the molecule is CC(C)(C)c1ccc2[n+](c1)CC1(Cc3ccccc3-2)Cc2ccccc2-c2c3ccccc3cc[n+]2C1. The van der Waals surface area contributed by atoms with Crippen LogP contribution in [0.4, 0.5) is 0 Å². The van der Waals surface area contributed by atoms with Gasteiger partial charge in [0.15, 0.2) is 25.5 Å². The molecule has 0 N–H and O–H groups in total. The topological polar surface area (TPSA) is 7.76 Å². The fourth-order valence-electron chi connectivity index (χ4n) is 6.75. The summed E-state index contributed by atoms with van der Waals surface area (Å²) in [6.07, 6.45) is 6.88. The summed E-state index contributed by atoms with van der Waals surface area (Å²) in [5.41, 5.74) is 9.91. The van der Waals surface area contributed by atoms with E-state index in [0.29, 0.717) is 0 Å². The van der Waals surface area contributed by atoms with Gasteiger partial charge in [0, 0.05) is 23.3 Å². The van der Waals surface area contributed by atoms with Crippen molar-refractivity contribution in [3.63, 3.8) is 0 Å². The standard InChI is InChI=1S/C35H34N2/c1-34(2,3)28-16-17-32-29-13-7-5-11-26(29)20-35(24-37(32)22-28)21-27-12-6-9-15-31(27)33-30-14-8-4-10-25(30)18-19-36(33)23-35/h4-19,22H,20-21,23-24H2,1-3H3/q+2. The lowest BCUT2D eigenvalue weighted by atomic mass is 9.76. The van der Waals surface area contributed by atoms with Crippen molar-refractivity contribution < 1.29 is 9.13 Å². The number of nitrogens with zero attached hydrogens (tertiary/aromatic N) is 2. The van der Waals surface area contributed by atoms with Gasteiger partial charge in [-0.3, -0.25) is 0 Å². The minimum Gasteiger partial charge on any atom is -0.197 e. The molecule has 1 atom stereocenters. The first-order chi connectivity index (χ1) is 17.9. The van der Waals surface area contributed by atoms with E-state index in [4.69, 9.17) is 0 Å². The van der Waals surface area contributed by atoms with Crippen molar-refractivity contribution in [3.8, 4) is 22.5 Å². The van der Waals surface area contributed by atoms with Crippen LogP contribution in [0.1, 0.15) is 37.5 Å². The smallest absolute Gasteiger partial charge is 0.197 e. The Labute approximate surface area is 219 Å². The lowest BCUT2D eigenvalue weighted by molar-refractivity contribution is -0.737. The number of benzene rings is 3. The van der Waals surface area contributed by atoms with Gasteiger partial charge in [0.25, 0.3) is 0 Å². The minimum absolute atomic E-state index is 0.0526. The molecule has 0 bridgehead atoms. The summed E-state index contributed by atoms with van der Waals surface area (Å²) in [6.45, 7) is 8.93. The van der Waals surface area contributed by atoms with Gasteiger partial charge >= 0.3 is 0 Å². The lowest BCUT2D eigenvalue weighted by Crippen LogP contribution is -2.53. The quantitative estimate of drug-likeness (QED) is 0.213. The highest BCUT2D eigenvalue weighted by Gasteiger charge is 2.46. The molecule has 4 heterocycles. The minimum atomic E-state index is 0.0526. The normalized spacial score (nSPS) is 18.4. The van der Waals surface area contributed by atoms with Crippen molar-refractivity contribution in [2.24, 2.45) is 5.41 Å². The fourth-order valence-corrected chi connectivity index (χ4v) is 6.75. The summed E-state index contributed by atoms with van der Waals surface area (Å²) < 4.78 is 5.12. The Morgan fingerprint density at radius 3 is 2.08 bits per heavy atom. The molecule has 2 heteroatoms. The molecule has 182 valence electrons. The van der Waals surface area contributed by atoms with E-state index in [9.17, 15) is 0 Å². The van der Waals surface area contributed by atoms with Gasteiger partial charge in [-0.2, -0.15) is 9.13 Å². The molecule has 0 aliphatic carbocycles. The zero-order valence-electron chi connectivity index (χ0n) is 22.0. The molecule has 0 saturated heterocycles. The number of hydrogen-bond acceptors (Lipinski definition) is 0. The molecule has 5 aromatic rings. The average Bonchev–Trinajstić information content (AvgIpc) is 3.11. The second kappa shape index (κ2) is 8.11.